The number of aliphatic hydroxyl groups is 1. The third-order valence-corrected chi connectivity index (χ3v) is 10.3. The van der Waals surface area contributed by atoms with Crippen molar-refractivity contribution in [2.45, 2.75) is 29.4 Å². The highest BCUT2D eigenvalue weighted by Crippen LogP contribution is 2.68. The lowest BCUT2D eigenvalue weighted by Crippen LogP contribution is -2.55. The highest BCUT2D eigenvalue weighted by atomic mass is 32.2. The summed E-state index contributed by atoms with van der Waals surface area (Å²) in [6, 6.07) is 22.1. The van der Waals surface area contributed by atoms with Gasteiger partial charge in [-0.05, 0) is 47.4 Å². The highest BCUT2D eigenvalue weighted by Gasteiger charge is 2.75. The lowest BCUT2D eigenvalue weighted by atomic mass is 9.66. The number of carbonyl (C=O) groups excluding carboxylic acids is 3. The number of anilines is 2. The number of para-hydroxylation sites is 1. The highest BCUT2D eigenvalue weighted by molar-refractivity contribution is 8.02. The second kappa shape index (κ2) is 9.19. The van der Waals surface area contributed by atoms with Gasteiger partial charge in [0, 0.05) is 23.2 Å². The van der Waals surface area contributed by atoms with Crippen LogP contribution in [0.1, 0.15) is 13.3 Å². The second-order valence-corrected chi connectivity index (χ2v) is 11.8. The Morgan fingerprint density at radius 2 is 1.68 bits per heavy atom. The topological polar surface area (TPSA) is 98.7 Å². The van der Waals surface area contributed by atoms with E-state index in [2.05, 4.69) is 17.6 Å². The quantitative estimate of drug-likeness (QED) is 0.465. The molecule has 0 aliphatic carbocycles. The number of likely N-dealkylation sites (tertiary alicyclic amines) is 1. The van der Waals surface area contributed by atoms with Crippen molar-refractivity contribution in [1.82, 2.24) is 4.90 Å². The maximum Gasteiger partial charge on any atom is 0.248 e. The molecule has 3 heterocycles. The van der Waals surface area contributed by atoms with Gasteiger partial charge < -0.3 is 20.6 Å². The smallest absolute Gasteiger partial charge is 0.248 e. The van der Waals surface area contributed by atoms with Crippen LogP contribution in [0, 0.1) is 17.8 Å². The number of β-amino-alcohol motifs (C(OH)–C–C–N with tert-alkyl or cyclic N) is 1. The first kappa shape index (κ1) is 24.0. The van der Waals surface area contributed by atoms with Gasteiger partial charge in [-0.2, -0.15) is 0 Å². The Bertz CT molecular complexity index is 1380. The van der Waals surface area contributed by atoms with E-state index in [1.165, 1.54) is 4.90 Å². The van der Waals surface area contributed by atoms with Crippen LogP contribution in [-0.2, 0) is 14.4 Å². The van der Waals surface area contributed by atoms with Gasteiger partial charge in [0.1, 0.15) is 6.04 Å². The molecule has 3 aliphatic heterocycles. The fraction of sp³-hybridized carbons (Fsp3) is 0.345. The number of thioether (sulfide) groups is 1. The molecule has 6 rings (SSSR count). The molecule has 190 valence electrons. The van der Waals surface area contributed by atoms with E-state index in [4.69, 9.17) is 0 Å². The summed E-state index contributed by atoms with van der Waals surface area (Å²) in [5, 5.41) is 17.9. The van der Waals surface area contributed by atoms with E-state index in [1.807, 2.05) is 72.8 Å². The molecule has 0 aromatic heterocycles. The summed E-state index contributed by atoms with van der Waals surface area (Å²) >= 11 is 1.62. The molecule has 3 amide bonds. The number of nitrogens with one attached hydrogen (secondary N) is 2. The van der Waals surface area contributed by atoms with Gasteiger partial charge in [0.2, 0.25) is 17.7 Å². The van der Waals surface area contributed by atoms with E-state index in [9.17, 15) is 19.5 Å². The van der Waals surface area contributed by atoms with E-state index in [-0.39, 0.29) is 42.0 Å². The molecule has 3 aromatic carbocycles. The van der Waals surface area contributed by atoms with E-state index < -0.39 is 22.6 Å². The number of amides is 3. The van der Waals surface area contributed by atoms with Gasteiger partial charge in [0.25, 0.3) is 0 Å². The van der Waals surface area contributed by atoms with Crippen LogP contribution in [0.3, 0.4) is 0 Å². The van der Waals surface area contributed by atoms with Crippen molar-refractivity contribution in [3.63, 3.8) is 0 Å². The summed E-state index contributed by atoms with van der Waals surface area (Å²) < 4.78 is -0.726. The fourth-order valence-electron chi connectivity index (χ4n) is 6.69. The zero-order chi connectivity index (χ0) is 25.7. The Hall–Kier alpha value is -3.36. The first-order chi connectivity index (χ1) is 17.9. The van der Waals surface area contributed by atoms with Crippen LogP contribution in [0.15, 0.2) is 72.8 Å². The largest absolute Gasteiger partial charge is 0.395 e. The molecule has 3 fully saturated rings. The molecule has 3 unspecified atom stereocenters. The molecular formula is C29H29N3O4S. The van der Waals surface area contributed by atoms with Gasteiger partial charge in [-0.15, -0.1) is 11.8 Å². The molecule has 8 heteroatoms. The molecule has 0 saturated carbocycles. The minimum absolute atomic E-state index is 0.0418. The van der Waals surface area contributed by atoms with Crippen LogP contribution in [0.25, 0.3) is 10.8 Å². The monoisotopic (exact) mass is 515 g/mol. The molecule has 7 nitrogen and oxygen atoms in total. The number of hydrogen-bond donors (Lipinski definition) is 3. The molecule has 3 N–H and O–H groups in total. The average Bonchev–Trinajstić information content (AvgIpc) is 3.48. The lowest BCUT2D eigenvalue weighted by molar-refractivity contribution is -0.138. The maximum absolute atomic E-state index is 13.9. The zero-order valence-corrected chi connectivity index (χ0v) is 21.3. The molecular weight excluding hydrogens is 486 g/mol. The lowest BCUT2D eigenvalue weighted by Gasteiger charge is -2.38. The Morgan fingerprint density at radius 1 is 0.973 bits per heavy atom. The van der Waals surface area contributed by atoms with E-state index in [0.29, 0.717) is 11.4 Å². The first-order valence-electron chi connectivity index (χ1n) is 12.7. The van der Waals surface area contributed by atoms with Crippen molar-refractivity contribution in [1.29, 1.82) is 0 Å². The predicted octanol–water partition coefficient (Wildman–Crippen LogP) is 3.75. The minimum atomic E-state index is -0.775. The predicted molar refractivity (Wildman–Crippen MR) is 145 cm³/mol. The molecule has 3 saturated heterocycles. The SMILES string of the molecule is CC1C[C@@H]2SC13C(C(=O)Nc1ccc4ccccc4c1)N(CCO)C(=O)[C@@H]3[C@@H]2C(=O)Nc1ccccc1. The number of hydrogen-bond acceptors (Lipinski definition) is 5. The Kier molecular flexibility index (Phi) is 5.96. The Morgan fingerprint density at radius 3 is 2.43 bits per heavy atom. The third kappa shape index (κ3) is 3.73. The second-order valence-electron chi connectivity index (χ2n) is 10.2. The Balaban J connectivity index is 1.33. The molecule has 1 spiro atoms. The van der Waals surface area contributed by atoms with Crippen LogP contribution >= 0.6 is 11.8 Å². The first-order valence-corrected chi connectivity index (χ1v) is 13.6. The van der Waals surface area contributed by atoms with Crippen molar-refractivity contribution in [3.05, 3.63) is 72.8 Å². The van der Waals surface area contributed by atoms with Crippen molar-refractivity contribution >= 4 is 51.6 Å². The molecule has 6 atom stereocenters. The maximum atomic E-state index is 13.9. The Labute approximate surface area is 219 Å². The van der Waals surface area contributed by atoms with Crippen LogP contribution in [-0.4, -0.2) is 56.9 Å². The fourth-order valence-corrected chi connectivity index (χ4v) is 9.12. The normalized spacial score (nSPS) is 29.9. The van der Waals surface area contributed by atoms with E-state index >= 15 is 0 Å². The van der Waals surface area contributed by atoms with Gasteiger partial charge in [-0.25, -0.2) is 0 Å². The summed E-state index contributed by atoms with van der Waals surface area (Å²) in [6.07, 6.45) is 0.758. The zero-order valence-electron chi connectivity index (χ0n) is 20.5. The number of benzene rings is 3. The number of carbonyl (C=O) groups is 3. The number of nitrogens with zero attached hydrogens (tertiary/aromatic N) is 1. The van der Waals surface area contributed by atoms with Gasteiger partial charge in [0.15, 0.2) is 0 Å². The number of aliphatic hydroxyl groups excluding tert-OH is 1. The van der Waals surface area contributed by atoms with Crippen molar-refractivity contribution in [2.24, 2.45) is 17.8 Å². The van der Waals surface area contributed by atoms with Gasteiger partial charge in [-0.3, -0.25) is 14.4 Å². The molecule has 2 bridgehead atoms. The van der Waals surface area contributed by atoms with Crippen molar-refractivity contribution in [2.75, 3.05) is 23.8 Å². The molecule has 3 aromatic rings. The summed E-state index contributed by atoms with van der Waals surface area (Å²) in [5.41, 5.74) is 1.34. The van der Waals surface area contributed by atoms with E-state index in [0.717, 1.165) is 17.2 Å². The molecule has 37 heavy (non-hydrogen) atoms. The molecule has 0 radical (unpaired) electrons. The van der Waals surface area contributed by atoms with Gasteiger partial charge >= 0.3 is 0 Å². The number of rotatable bonds is 6. The standard InChI is InChI=1S/C29H29N3O4S/c1-17-15-22-23(26(34)30-20-9-3-2-4-10-20)24-28(36)32(13-14-33)25(29(17,24)37-22)27(35)31-21-12-11-18-7-5-6-8-19(18)16-21/h2-12,16-17,22-25,33H,13-15H2,1H3,(H,30,34)(H,31,35)/t17?,22-,23+,24-,25?,29?/m0/s1. The van der Waals surface area contributed by atoms with Crippen LogP contribution < -0.4 is 10.6 Å². The van der Waals surface area contributed by atoms with Gasteiger partial charge in [-0.1, -0.05) is 55.5 Å². The summed E-state index contributed by atoms with van der Waals surface area (Å²) in [6.45, 7) is 1.88. The summed E-state index contributed by atoms with van der Waals surface area (Å²) in [4.78, 5) is 42.8. The third-order valence-electron chi connectivity index (χ3n) is 8.20. The summed E-state index contributed by atoms with van der Waals surface area (Å²) in [5.74, 6) is -1.77. The van der Waals surface area contributed by atoms with Crippen molar-refractivity contribution in [3.8, 4) is 0 Å². The minimum Gasteiger partial charge on any atom is -0.395 e. The van der Waals surface area contributed by atoms with Crippen LogP contribution in [0.4, 0.5) is 11.4 Å². The van der Waals surface area contributed by atoms with Crippen LogP contribution in [0.2, 0.25) is 0 Å². The summed E-state index contributed by atoms with van der Waals surface area (Å²) in [7, 11) is 0. The number of fused-ring (bicyclic) bond motifs is 2. The van der Waals surface area contributed by atoms with E-state index in [1.54, 1.807) is 11.8 Å². The average molecular weight is 516 g/mol. The van der Waals surface area contributed by atoms with Crippen molar-refractivity contribution < 1.29 is 19.5 Å². The van der Waals surface area contributed by atoms with Crippen LogP contribution in [0.5, 0.6) is 0 Å². The van der Waals surface area contributed by atoms with Gasteiger partial charge in [0.05, 0.1) is 23.2 Å². The molecule has 3 aliphatic rings.